The number of thiazole rings is 1. The molecule has 0 unspecified atom stereocenters. The fourth-order valence-corrected chi connectivity index (χ4v) is 3.85. The van der Waals surface area contributed by atoms with E-state index in [2.05, 4.69) is 20.7 Å². The number of nitrogens with one attached hydrogen (secondary N) is 2. The van der Waals surface area contributed by atoms with Crippen LogP contribution in [-0.2, 0) is 16.0 Å². The maximum absolute atomic E-state index is 13.1. The van der Waals surface area contributed by atoms with Gasteiger partial charge in [0.15, 0.2) is 5.82 Å². The molecule has 0 atom stereocenters. The molecule has 0 radical (unpaired) electrons. The van der Waals surface area contributed by atoms with Crippen LogP contribution in [0.25, 0.3) is 16.3 Å². The molecule has 32 heavy (non-hydrogen) atoms. The van der Waals surface area contributed by atoms with Gasteiger partial charge in [-0.2, -0.15) is 4.98 Å². The molecule has 2 amide bonds. The van der Waals surface area contributed by atoms with E-state index in [-0.39, 0.29) is 12.4 Å². The van der Waals surface area contributed by atoms with E-state index in [0.29, 0.717) is 40.8 Å². The topological polar surface area (TPSA) is 97.6 Å². The van der Waals surface area contributed by atoms with Gasteiger partial charge in [-0.15, -0.1) is 16.4 Å². The summed E-state index contributed by atoms with van der Waals surface area (Å²) in [6, 6.07) is 12.7. The molecule has 0 saturated carbocycles. The highest BCUT2D eigenvalue weighted by Crippen LogP contribution is 2.21. The number of fused-ring (bicyclic) bond motifs is 1. The van der Waals surface area contributed by atoms with Crippen molar-refractivity contribution >= 4 is 33.8 Å². The molecule has 2 aromatic carbocycles. The number of aromatic nitrogens is 3. The van der Waals surface area contributed by atoms with Gasteiger partial charge in [-0.1, -0.05) is 0 Å². The number of rotatable bonds is 7. The fraction of sp³-hybridized carbons (Fsp3) is 0.182. The van der Waals surface area contributed by atoms with Gasteiger partial charge in [0.05, 0.1) is 12.3 Å². The highest BCUT2D eigenvalue weighted by Gasteiger charge is 2.15. The molecule has 4 aromatic rings. The lowest BCUT2D eigenvalue weighted by Crippen LogP contribution is -2.36. The normalized spacial score (nSPS) is 10.8. The molecule has 0 aliphatic heterocycles. The van der Waals surface area contributed by atoms with Crippen molar-refractivity contribution in [2.75, 3.05) is 18.5 Å². The maximum Gasteiger partial charge on any atom is 0.313 e. The molecule has 0 aliphatic carbocycles. The number of hydrogen-bond acceptors (Lipinski definition) is 6. The number of ether oxygens (including phenoxy) is 1. The van der Waals surface area contributed by atoms with Crippen molar-refractivity contribution < 1.29 is 18.7 Å². The zero-order chi connectivity index (χ0) is 22.5. The maximum atomic E-state index is 13.1. The van der Waals surface area contributed by atoms with Gasteiger partial charge in [0.25, 0.3) is 0 Å². The van der Waals surface area contributed by atoms with Crippen molar-refractivity contribution in [2.45, 2.75) is 13.3 Å². The van der Waals surface area contributed by atoms with Crippen LogP contribution in [0.15, 0.2) is 53.9 Å². The van der Waals surface area contributed by atoms with Crippen LogP contribution in [-0.4, -0.2) is 39.6 Å². The summed E-state index contributed by atoms with van der Waals surface area (Å²) >= 11 is 1.42. The van der Waals surface area contributed by atoms with Crippen molar-refractivity contribution in [1.29, 1.82) is 0 Å². The SMILES string of the molecule is CCOc1ccc(NC(=O)C(=O)NCCc2csc3nc(-c4ccc(F)cc4)nn23)cc1. The molecule has 0 aliphatic rings. The van der Waals surface area contributed by atoms with Crippen molar-refractivity contribution in [3.63, 3.8) is 0 Å². The quantitative estimate of drug-likeness (QED) is 0.419. The number of carbonyl (C=O) groups excluding carboxylic acids is 2. The second-order valence-electron chi connectivity index (χ2n) is 6.78. The summed E-state index contributed by atoms with van der Waals surface area (Å²) in [5.41, 5.74) is 2.06. The Bertz CT molecular complexity index is 1230. The molecule has 2 N–H and O–H groups in total. The molecule has 4 rings (SSSR count). The van der Waals surface area contributed by atoms with Crippen LogP contribution in [0.3, 0.4) is 0 Å². The molecule has 0 bridgehead atoms. The largest absolute Gasteiger partial charge is 0.494 e. The van der Waals surface area contributed by atoms with E-state index in [4.69, 9.17) is 4.74 Å². The molecule has 10 heteroatoms. The second-order valence-corrected chi connectivity index (χ2v) is 7.62. The lowest BCUT2D eigenvalue weighted by Gasteiger charge is -2.07. The molecule has 0 spiro atoms. The van der Waals surface area contributed by atoms with Crippen molar-refractivity contribution in [3.05, 3.63) is 65.4 Å². The number of nitrogens with zero attached hydrogens (tertiary/aromatic N) is 3. The van der Waals surface area contributed by atoms with Crippen LogP contribution in [0.2, 0.25) is 0 Å². The molecule has 0 saturated heterocycles. The van der Waals surface area contributed by atoms with E-state index in [1.54, 1.807) is 40.9 Å². The summed E-state index contributed by atoms with van der Waals surface area (Å²) in [7, 11) is 0. The standard InChI is InChI=1S/C22H20FN5O3S/c1-2-31-18-9-7-16(8-10-18)25-21(30)20(29)24-12-11-17-13-32-22-26-19(27-28(17)22)14-3-5-15(23)6-4-14/h3-10,13H,2,11-12H2,1H3,(H,24,29)(H,25,30). The molecular formula is C22H20FN5O3S. The number of halogens is 1. The van der Waals surface area contributed by atoms with Gasteiger partial charge >= 0.3 is 11.8 Å². The Morgan fingerprint density at radius 2 is 1.84 bits per heavy atom. The average molecular weight is 453 g/mol. The van der Waals surface area contributed by atoms with Crippen LogP contribution in [0.4, 0.5) is 10.1 Å². The number of hydrogen-bond donors (Lipinski definition) is 2. The van der Waals surface area contributed by atoms with Gasteiger partial charge in [0, 0.05) is 29.6 Å². The summed E-state index contributed by atoms with van der Waals surface area (Å²) in [4.78, 5) is 29.4. The Hall–Kier alpha value is -3.79. The van der Waals surface area contributed by atoms with Crippen molar-refractivity contribution in [1.82, 2.24) is 19.9 Å². The molecule has 164 valence electrons. The summed E-state index contributed by atoms with van der Waals surface area (Å²) in [6.45, 7) is 2.69. The minimum atomic E-state index is -0.746. The van der Waals surface area contributed by atoms with E-state index >= 15 is 0 Å². The smallest absolute Gasteiger partial charge is 0.313 e. The first-order valence-corrected chi connectivity index (χ1v) is 10.8. The van der Waals surface area contributed by atoms with Crippen molar-refractivity contribution in [3.8, 4) is 17.1 Å². The van der Waals surface area contributed by atoms with E-state index < -0.39 is 11.8 Å². The minimum Gasteiger partial charge on any atom is -0.494 e. The summed E-state index contributed by atoms with van der Waals surface area (Å²) < 4.78 is 20.2. The van der Waals surface area contributed by atoms with Crippen LogP contribution in [0, 0.1) is 5.82 Å². The minimum absolute atomic E-state index is 0.257. The van der Waals surface area contributed by atoms with Gasteiger partial charge in [-0.05, 0) is 55.5 Å². The van der Waals surface area contributed by atoms with Crippen molar-refractivity contribution in [2.24, 2.45) is 0 Å². The number of amides is 2. The Kier molecular flexibility index (Phi) is 6.41. The second kappa shape index (κ2) is 9.56. The van der Waals surface area contributed by atoms with Crippen LogP contribution >= 0.6 is 11.3 Å². The fourth-order valence-electron chi connectivity index (χ4n) is 2.99. The molecule has 0 fully saturated rings. The lowest BCUT2D eigenvalue weighted by molar-refractivity contribution is -0.136. The Labute approximate surface area is 187 Å². The number of anilines is 1. The zero-order valence-corrected chi connectivity index (χ0v) is 18.0. The van der Waals surface area contributed by atoms with Gasteiger partial charge < -0.3 is 15.4 Å². The molecule has 8 nitrogen and oxygen atoms in total. The van der Waals surface area contributed by atoms with E-state index in [9.17, 15) is 14.0 Å². The predicted molar refractivity (Wildman–Crippen MR) is 119 cm³/mol. The van der Waals surface area contributed by atoms with Crippen LogP contribution in [0.1, 0.15) is 12.6 Å². The van der Waals surface area contributed by atoms with E-state index in [1.165, 1.54) is 23.5 Å². The Balaban J connectivity index is 1.32. The zero-order valence-electron chi connectivity index (χ0n) is 17.2. The van der Waals surface area contributed by atoms with Gasteiger partial charge in [-0.3, -0.25) is 9.59 Å². The predicted octanol–water partition coefficient (Wildman–Crippen LogP) is 3.29. The first-order valence-electron chi connectivity index (χ1n) is 9.94. The highest BCUT2D eigenvalue weighted by atomic mass is 32.1. The van der Waals surface area contributed by atoms with E-state index in [0.717, 1.165) is 5.69 Å². The molecule has 2 aromatic heterocycles. The third-order valence-electron chi connectivity index (χ3n) is 4.55. The first kappa shape index (κ1) is 21.4. The monoisotopic (exact) mass is 453 g/mol. The van der Waals surface area contributed by atoms with Crippen LogP contribution < -0.4 is 15.4 Å². The van der Waals surface area contributed by atoms with Gasteiger partial charge in [0.2, 0.25) is 4.96 Å². The third-order valence-corrected chi connectivity index (χ3v) is 5.41. The molecule has 2 heterocycles. The number of carbonyl (C=O) groups is 2. The van der Waals surface area contributed by atoms with Crippen LogP contribution in [0.5, 0.6) is 5.75 Å². The first-order chi connectivity index (χ1) is 15.5. The van der Waals surface area contributed by atoms with Gasteiger partial charge in [0.1, 0.15) is 11.6 Å². The third kappa shape index (κ3) is 4.92. The molecular weight excluding hydrogens is 433 g/mol. The summed E-state index contributed by atoms with van der Waals surface area (Å²) in [5, 5.41) is 11.5. The van der Waals surface area contributed by atoms with Gasteiger partial charge in [-0.25, -0.2) is 8.91 Å². The van der Waals surface area contributed by atoms with E-state index in [1.807, 2.05) is 12.3 Å². The number of benzene rings is 2. The summed E-state index contributed by atoms with van der Waals surface area (Å²) in [6.07, 6.45) is 0.467. The highest BCUT2D eigenvalue weighted by molar-refractivity contribution is 7.15. The summed E-state index contributed by atoms with van der Waals surface area (Å²) in [5.74, 6) is -0.609. The Morgan fingerprint density at radius 1 is 1.09 bits per heavy atom. The average Bonchev–Trinajstić information content (AvgIpc) is 3.37. The Morgan fingerprint density at radius 3 is 2.56 bits per heavy atom. The lowest BCUT2D eigenvalue weighted by atomic mass is 10.2.